The Bertz CT molecular complexity index is 991. The third-order valence-corrected chi connectivity index (χ3v) is 5.81. The molecule has 0 aromatic heterocycles. The number of halogens is 1. The number of imide groups is 1. The summed E-state index contributed by atoms with van der Waals surface area (Å²) in [6, 6.07) is 12.5. The molecule has 1 N–H and O–H groups in total. The summed E-state index contributed by atoms with van der Waals surface area (Å²) in [5.41, 5.74) is 1.09. The normalized spacial score (nSPS) is 23.3. The van der Waals surface area contributed by atoms with Gasteiger partial charge >= 0.3 is 6.03 Å². The van der Waals surface area contributed by atoms with Crippen molar-refractivity contribution in [3.8, 4) is 0 Å². The van der Waals surface area contributed by atoms with Gasteiger partial charge in [0, 0.05) is 11.7 Å². The lowest BCUT2D eigenvalue weighted by atomic mass is 9.87. The summed E-state index contributed by atoms with van der Waals surface area (Å²) < 4.78 is 13.3. The van der Waals surface area contributed by atoms with Crippen LogP contribution in [-0.4, -0.2) is 35.3 Å². The molecule has 0 radical (unpaired) electrons. The van der Waals surface area contributed by atoms with Gasteiger partial charge in [-0.2, -0.15) is 0 Å². The van der Waals surface area contributed by atoms with Crippen LogP contribution in [0.1, 0.15) is 31.4 Å². The van der Waals surface area contributed by atoms with Crippen LogP contribution in [0.5, 0.6) is 0 Å². The van der Waals surface area contributed by atoms with Gasteiger partial charge in [-0.3, -0.25) is 14.5 Å². The Morgan fingerprint density at radius 3 is 2.55 bits per heavy atom. The van der Waals surface area contributed by atoms with Crippen molar-refractivity contribution in [2.45, 2.75) is 38.3 Å². The van der Waals surface area contributed by atoms with Gasteiger partial charge in [-0.25, -0.2) is 9.18 Å². The van der Waals surface area contributed by atoms with E-state index in [-0.39, 0.29) is 24.9 Å². The molecule has 0 spiro atoms. The van der Waals surface area contributed by atoms with Gasteiger partial charge in [-0.1, -0.05) is 37.3 Å². The predicted molar refractivity (Wildman–Crippen MR) is 106 cm³/mol. The Balaban J connectivity index is 1.60. The maximum absolute atomic E-state index is 13.3. The van der Waals surface area contributed by atoms with E-state index in [1.54, 1.807) is 11.8 Å². The molecule has 150 valence electrons. The maximum atomic E-state index is 13.3. The van der Waals surface area contributed by atoms with E-state index in [2.05, 4.69) is 5.32 Å². The second-order valence-corrected chi connectivity index (χ2v) is 7.53. The second-order valence-electron chi connectivity index (χ2n) is 7.53. The highest BCUT2D eigenvalue weighted by Gasteiger charge is 2.52. The molecule has 2 atom stereocenters. The SMILES string of the molecule is CC[C@@]1(c2ccc(F)cc2)NC(=O)N(CC(=O)N2c3ccccc3C[C@@H]2C)C1=O. The highest BCUT2D eigenvalue weighted by atomic mass is 19.1. The van der Waals surface area contributed by atoms with E-state index < -0.39 is 23.3 Å². The highest BCUT2D eigenvalue weighted by Crippen LogP contribution is 2.34. The quantitative estimate of drug-likeness (QED) is 0.810. The van der Waals surface area contributed by atoms with Gasteiger partial charge in [0.2, 0.25) is 5.91 Å². The van der Waals surface area contributed by atoms with Crippen molar-refractivity contribution in [2.24, 2.45) is 0 Å². The molecule has 0 unspecified atom stereocenters. The number of benzene rings is 2. The summed E-state index contributed by atoms with van der Waals surface area (Å²) >= 11 is 0. The number of hydrogen-bond donors (Lipinski definition) is 1. The Morgan fingerprint density at radius 1 is 1.17 bits per heavy atom. The molecule has 6 nitrogen and oxygen atoms in total. The van der Waals surface area contributed by atoms with E-state index in [0.29, 0.717) is 5.56 Å². The van der Waals surface area contributed by atoms with Crippen LogP contribution in [-0.2, 0) is 21.5 Å². The molecule has 1 fully saturated rings. The number of nitrogens with one attached hydrogen (secondary N) is 1. The standard InChI is InChI=1S/C22H22FN3O3/c1-3-22(16-8-10-17(23)11-9-16)20(28)25(21(29)24-22)13-19(27)26-14(2)12-15-6-4-5-7-18(15)26/h4-11,14H,3,12-13H2,1-2H3,(H,24,29)/t14-,22-/m0/s1. The Hall–Kier alpha value is -3.22. The van der Waals surface area contributed by atoms with Crippen molar-refractivity contribution in [1.82, 2.24) is 10.2 Å². The lowest BCUT2D eigenvalue weighted by molar-refractivity contribution is -0.134. The number of carbonyl (C=O) groups excluding carboxylic acids is 3. The number of nitrogens with zero attached hydrogens (tertiary/aromatic N) is 2. The smallest absolute Gasteiger partial charge is 0.319 e. The first-order valence-electron chi connectivity index (χ1n) is 9.67. The maximum Gasteiger partial charge on any atom is 0.325 e. The first-order chi connectivity index (χ1) is 13.9. The van der Waals surface area contributed by atoms with Crippen LogP contribution in [0.25, 0.3) is 0 Å². The zero-order chi connectivity index (χ0) is 20.8. The fourth-order valence-electron chi connectivity index (χ4n) is 4.30. The lowest BCUT2D eigenvalue weighted by Gasteiger charge is -2.27. The summed E-state index contributed by atoms with van der Waals surface area (Å²) in [6.45, 7) is 3.37. The van der Waals surface area contributed by atoms with Crippen LogP contribution >= 0.6 is 0 Å². The highest BCUT2D eigenvalue weighted by molar-refractivity contribution is 6.11. The third kappa shape index (κ3) is 2.97. The average Bonchev–Trinajstić information content (AvgIpc) is 3.17. The molecule has 0 saturated carbocycles. The Labute approximate surface area is 168 Å². The van der Waals surface area contributed by atoms with Crippen molar-refractivity contribution in [2.75, 3.05) is 11.4 Å². The molecule has 2 aromatic rings. The van der Waals surface area contributed by atoms with Gasteiger partial charge in [0.25, 0.3) is 5.91 Å². The van der Waals surface area contributed by atoms with Crippen molar-refractivity contribution >= 4 is 23.5 Å². The van der Waals surface area contributed by atoms with Gasteiger partial charge in [0.15, 0.2) is 0 Å². The van der Waals surface area contributed by atoms with Crippen molar-refractivity contribution in [3.63, 3.8) is 0 Å². The van der Waals surface area contributed by atoms with E-state index in [1.807, 2.05) is 31.2 Å². The molecule has 0 aliphatic carbocycles. The number of anilines is 1. The van der Waals surface area contributed by atoms with Gasteiger partial charge in [-0.05, 0) is 49.1 Å². The molecule has 2 aliphatic rings. The Morgan fingerprint density at radius 2 is 1.86 bits per heavy atom. The van der Waals surface area contributed by atoms with Crippen LogP contribution in [0, 0.1) is 5.82 Å². The van der Waals surface area contributed by atoms with E-state index in [0.717, 1.165) is 22.6 Å². The number of fused-ring (bicyclic) bond motifs is 1. The van der Waals surface area contributed by atoms with Crippen LogP contribution < -0.4 is 10.2 Å². The van der Waals surface area contributed by atoms with E-state index >= 15 is 0 Å². The minimum atomic E-state index is -1.29. The van der Waals surface area contributed by atoms with Gasteiger partial charge in [-0.15, -0.1) is 0 Å². The van der Waals surface area contributed by atoms with E-state index in [1.165, 1.54) is 24.3 Å². The van der Waals surface area contributed by atoms with Crippen LogP contribution in [0.2, 0.25) is 0 Å². The molecular formula is C22H22FN3O3. The number of urea groups is 1. The van der Waals surface area contributed by atoms with Gasteiger partial charge in [0.05, 0.1) is 0 Å². The third-order valence-electron chi connectivity index (χ3n) is 5.81. The van der Waals surface area contributed by atoms with Crippen LogP contribution in [0.4, 0.5) is 14.9 Å². The summed E-state index contributed by atoms with van der Waals surface area (Å²) in [5, 5.41) is 2.72. The number of hydrogen-bond acceptors (Lipinski definition) is 3. The van der Waals surface area contributed by atoms with E-state index in [9.17, 15) is 18.8 Å². The first-order valence-corrected chi connectivity index (χ1v) is 9.67. The summed E-state index contributed by atoms with van der Waals surface area (Å²) in [6.07, 6.45) is 1.02. The van der Waals surface area contributed by atoms with Crippen LogP contribution in [0.3, 0.4) is 0 Å². The molecule has 2 aromatic carbocycles. The number of rotatable bonds is 4. The lowest BCUT2D eigenvalue weighted by Crippen LogP contribution is -2.46. The molecule has 2 heterocycles. The fraction of sp³-hybridized carbons (Fsp3) is 0.318. The summed E-state index contributed by atoms with van der Waals surface area (Å²) in [4.78, 5) is 41.5. The average molecular weight is 395 g/mol. The minimum absolute atomic E-state index is 0.0475. The zero-order valence-corrected chi connectivity index (χ0v) is 16.3. The topological polar surface area (TPSA) is 69.7 Å². The number of amides is 4. The monoisotopic (exact) mass is 395 g/mol. The number of para-hydroxylation sites is 1. The summed E-state index contributed by atoms with van der Waals surface area (Å²) in [5.74, 6) is -1.23. The molecule has 7 heteroatoms. The zero-order valence-electron chi connectivity index (χ0n) is 16.3. The molecule has 0 bridgehead atoms. The van der Waals surface area contributed by atoms with E-state index in [4.69, 9.17) is 0 Å². The second kappa shape index (κ2) is 6.99. The largest absolute Gasteiger partial charge is 0.325 e. The fourth-order valence-corrected chi connectivity index (χ4v) is 4.30. The molecule has 4 rings (SSSR count). The van der Waals surface area contributed by atoms with Crippen molar-refractivity contribution < 1.29 is 18.8 Å². The van der Waals surface area contributed by atoms with Crippen molar-refractivity contribution in [1.29, 1.82) is 0 Å². The predicted octanol–water partition coefficient (Wildman–Crippen LogP) is 2.96. The molecular weight excluding hydrogens is 373 g/mol. The summed E-state index contributed by atoms with van der Waals surface area (Å²) in [7, 11) is 0. The van der Waals surface area contributed by atoms with Crippen molar-refractivity contribution in [3.05, 3.63) is 65.5 Å². The molecule has 4 amide bonds. The minimum Gasteiger partial charge on any atom is -0.319 e. The molecule has 2 aliphatic heterocycles. The number of carbonyl (C=O) groups is 3. The van der Waals surface area contributed by atoms with Gasteiger partial charge in [0.1, 0.15) is 17.9 Å². The van der Waals surface area contributed by atoms with Gasteiger partial charge < -0.3 is 10.2 Å². The molecule has 29 heavy (non-hydrogen) atoms. The first kappa shape index (κ1) is 19.1. The Kier molecular flexibility index (Phi) is 4.61. The molecule has 1 saturated heterocycles. The van der Waals surface area contributed by atoms with Crippen LogP contribution in [0.15, 0.2) is 48.5 Å².